The minimum Gasteiger partial charge on any atom is -0.306 e. The summed E-state index contributed by atoms with van der Waals surface area (Å²) in [6.45, 7) is 2.87. The number of benzene rings is 2. The molecule has 1 atom stereocenters. The Morgan fingerprint density at radius 1 is 1.16 bits per heavy atom. The second-order valence-electron chi connectivity index (χ2n) is 4.49. The molecule has 2 aromatic rings. The van der Waals surface area contributed by atoms with Crippen molar-refractivity contribution in [3.8, 4) is 0 Å². The molecule has 0 radical (unpaired) electrons. The summed E-state index contributed by atoms with van der Waals surface area (Å²) < 4.78 is 13.8. The summed E-state index contributed by atoms with van der Waals surface area (Å²) in [5, 5.41) is 3.51. The lowest BCUT2D eigenvalue weighted by Crippen LogP contribution is -2.20. The van der Waals surface area contributed by atoms with Gasteiger partial charge in [-0.25, -0.2) is 4.39 Å². The molecule has 0 amide bonds. The Bertz CT molecular complexity index is 528. The summed E-state index contributed by atoms with van der Waals surface area (Å²) >= 11 is 3.40. The molecular formula is C16H17BrFN. The van der Waals surface area contributed by atoms with Crippen LogP contribution in [-0.4, -0.2) is 0 Å². The van der Waals surface area contributed by atoms with Crippen LogP contribution in [0.25, 0.3) is 0 Å². The van der Waals surface area contributed by atoms with Gasteiger partial charge >= 0.3 is 0 Å². The SMILES string of the molecule is CCC(NCc1ccc(F)cc1Br)c1ccccc1. The zero-order valence-corrected chi connectivity index (χ0v) is 12.5. The summed E-state index contributed by atoms with van der Waals surface area (Å²) in [4.78, 5) is 0. The Balaban J connectivity index is 2.04. The summed E-state index contributed by atoms with van der Waals surface area (Å²) in [5.41, 5.74) is 2.35. The summed E-state index contributed by atoms with van der Waals surface area (Å²) in [7, 11) is 0. The average molecular weight is 322 g/mol. The molecule has 1 N–H and O–H groups in total. The maximum absolute atomic E-state index is 13.0. The van der Waals surface area contributed by atoms with Crippen molar-refractivity contribution in [2.45, 2.75) is 25.9 Å². The Morgan fingerprint density at radius 3 is 2.53 bits per heavy atom. The van der Waals surface area contributed by atoms with Crippen LogP contribution in [0.1, 0.15) is 30.5 Å². The molecule has 0 spiro atoms. The maximum Gasteiger partial charge on any atom is 0.124 e. The standard InChI is InChI=1S/C16H17BrFN/c1-2-16(12-6-4-3-5-7-12)19-11-13-8-9-14(18)10-15(13)17/h3-10,16,19H,2,11H2,1H3. The fraction of sp³-hybridized carbons (Fsp3) is 0.250. The van der Waals surface area contributed by atoms with Crippen LogP contribution in [0.15, 0.2) is 53.0 Å². The quantitative estimate of drug-likeness (QED) is 0.831. The second kappa shape index (κ2) is 6.83. The Labute approximate surface area is 122 Å². The van der Waals surface area contributed by atoms with Gasteiger partial charge in [-0.2, -0.15) is 0 Å². The molecule has 100 valence electrons. The molecule has 0 saturated carbocycles. The van der Waals surface area contributed by atoms with Gasteiger partial charge in [0.15, 0.2) is 0 Å². The molecule has 0 aromatic heterocycles. The van der Waals surface area contributed by atoms with Crippen LogP contribution in [0.3, 0.4) is 0 Å². The first-order valence-electron chi connectivity index (χ1n) is 6.43. The van der Waals surface area contributed by atoms with Gasteiger partial charge in [0.2, 0.25) is 0 Å². The van der Waals surface area contributed by atoms with Gasteiger partial charge in [0.05, 0.1) is 0 Å². The van der Waals surface area contributed by atoms with Gasteiger partial charge in [-0.15, -0.1) is 0 Å². The van der Waals surface area contributed by atoms with Crippen molar-refractivity contribution in [1.82, 2.24) is 5.32 Å². The van der Waals surface area contributed by atoms with Gasteiger partial charge in [0, 0.05) is 17.1 Å². The molecule has 0 aliphatic rings. The van der Waals surface area contributed by atoms with E-state index in [0.717, 1.165) is 16.5 Å². The van der Waals surface area contributed by atoms with Crippen LogP contribution in [0.2, 0.25) is 0 Å². The third kappa shape index (κ3) is 3.88. The minimum atomic E-state index is -0.217. The van der Waals surface area contributed by atoms with E-state index in [4.69, 9.17) is 0 Å². The van der Waals surface area contributed by atoms with Crippen molar-refractivity contribution in [2.24, 2.45) is 0 Å². The molecular weight excluding hydrogens is 305 g/mol. The first kappa shape index (κ1) is 14.2. The van der Waals surface area contributed by atoms with Crippen LogP contribution in [0.5, 0.6) is 0 Å². The third-order valence-corrected chi connectivity index (χ3v) is 3.90. The molecule has 0 fully saturated rings. The topological polar surface area (TPSA) is 12.0 Å². The molecule has 0 aliphatic carbocycles. The fourth-order valence-corrected chi connectivity index (χ4v) is 2.57. The van der Waals surface area contributed by atoms with Crippen molar-refractivity contribution >= 4 is 15.9 Å². The van der Waals surface area contributed by atoms with E-state index in [0.29, 0.717) is 12.6 Å². The number of hydrogen-bond acceptors (Lipinski definition) is 1. The average Bonchev–Trinajstić information content (AvgIpc) is 2.43. The van der Waals surface area contributed by atoms with Crippen molar-refractivity contribution < 1.29 is 4.39 Å². The molecule has 1 unspecified atom stereocenters. The van der Waals surface area contributed by atoms with Gasteiger partial charge in [0.25, 0.3) is 0 Å². The first-order chi connectivity index (χ1) is 9.20. The largest absolute Gasteiger partial charge is 0.306 e. The van der Waals surface area contributed by atoms with Crippen molar-refractivity contribution in [3.05, 3.63) is 69.9 Å². The van der Waals surface area contributed by atoms with E-state index in [1.807, 2.05) is 24.3 Å². The zero-order valence-electron chi connectivity index (χ0n) is 10.9. The molecule has 0 bridgehead atoms. The zero-order chi connectivity index (χ0) is 13.7. The Kier molecular flexibility index (Phi) is 5.11. The first-order valence-corrected chi connectivity index (χ1v) is 7.22. The van der Waals surface area contributed by atoms with Crippen LogP contribution >= 0.6 is 15.9 Å². The predicted octanol–water partition coefficient (Wildman–Crippen LogP) is 4.83. The Hall–Kier alpha value is -1.19. The molecule has 1 nitrogen and oxygen atoms in total. The van der Waals surface area contributed by atoms with Crippen molar-refractivity contribution in [1.29, 1.82) is 0 Å². The monoisotopic (exact) mass is 321 g/mol. The molecule has 0 aliphatic heterocycles. The van der Waals surface area contributed by atoms with Gasteiger partial charge in [0.1, 0.15) is 5.82 Å². The van der Waals surface area contributed by atoms with Gasteiger partial charge in [-0.05, 0) is 29.7 Å². The lowest BCUT2D eigenvalue weighted by molar-refractivity contribution is 0.517. The number of hydrogen-bond donors (Lipinski definition) is 1. The van der Waals surface area contributed by atoms with Crippen LogP contribution in [0.4, 0.5) is 4.39 Å². The van der Waals surface area contributed by atoms with E-state index in [2.05, 4.69) is 40.3 Å². The normalized spacial score (nSPS) is 12.4. The predicted molar refractivity (Wildman–Crippen MR) is 80.4 cm³/mol. The lowest BCUT2D eigenvalue weighted by Gasteiger charge is -2.18. The van der Waals surface area contributed by atoms with E-state index in [-0.39, 0.29) is 5.82 Å². The highest BCUT2D eigenvalue weighted by Crippen LogP contribution is 2.21. The van der Waals surface area contributed by atoms with Crippen molar-refractivity contribution in [3.63, 3.8) is 0 Å². The van der Waals surface area contributed by atoms with E-state index < -0.39 is 0 Å². The van der Waals surface area contributed by atoms with Gasteiger partial charge < -0.3 is 5.32 Å². The summed E-state index contributed by atoms with van der Waals surface area (Å²) in [6, 6.07) is 15.5. The minimum absolute atomic E-state index is 0.217. The van der Waals surface area contributed by atoms with Gasteiger partial charge in [-0.3, -0.25) is 0 Å². The summed E-state index contributed by atoms with van der Waals surface area (Å²) in [6.07, 6.45) is 1.02. The van der Waals surface area contributed by atoms with Crippen LogP contribution in [0, 0.1) is 5.82 Å². The number of nitrogens with one attached hydrogen (secondary N) is 1. The molecule has 2 rings (SSSR count). The van der Waals surface area contributed by atoms with E-state index in [9.17, 15) is 4.39 Å². The van der Waals surface area contributed by atoms with Crippen molar-refractivity contribution in [2.75, 3.05) is 0 Å². The molecule has 3 heteroatoms. The van der Waals surface area contributed by atoms with E-state index in [1.165, 1.54) is 17.7 Å². The lowest BCUT2D eigenvalue weighted by atomic mass is 10.0. The molecule has 0 saturated heterocycles. The van der Waals surface area contributed by atoms with Gasteiger partial charge in [-0.1, -0.05) is 59.3 Å². The molecule has 0 heterocycles. The molecule has 19 heavy (non-hydrogen) atoms. The maximum atomic E-state index is 13.0. The molecule has 2 aromatic carbocycles. The number of halogens is 2. The fourth-order valence-electron chi connectivity index (χ4n) is 2.08. The smallest absolute Gasteiger partial charge is 0.124 e. The highest BCUT2D eigenvalue weighted by atomic mass is 79.9. The summed E-state index contributed by atoms with van der Waals surface area (Å²) in [5.74, 6) is -0.217. The third-order valence-electron chi connectivity index (χ3n) is 3.16. The van der Waals surface area contributed by atoms with Crippen LogP contribution in [-0.2, 0) is 6.54 Å². The van der Waals surface area contributed by atoms with E-state index >= 15 is 0 Å². The highest BCUT2D eigenvalue weighted by Gasteiger charge is 2.09. The van der Waals surface area contributed by atoms with E-state index in [1.54, 1.807) is 0 Å². The second-order valence-corrected chi connectivity index (χ2v) is 5.34. The Morgan fingerprint density at radius 2 is 1.89 bits per heavy atom. The van der Waals surface area contributed by atoms with Crippen LogP contribution < -0.4 is 5.32 Å². The number of rotatable bonds is 5. The highest BCUT2D eigenvalue weighted by molar-refractivity contribution is 9.10.